The summed E-state index contributed by atoms with van der Waals surface area (Å²) in [6.45, 7) is 0. The van der Waals surface area contributed by atoms with E-state index in [1.807, 2.05) is 18.2 Å². The van der Waals surface area contributed by atoms with E-state index in [-0.39, 0.29) is 0 Å². The van der Waals surface area contributed by atoms with Crippen molar-refractivity contribution in [3.8, 4) is 51.0 Å². The van der Waals surface area contributed by atoms with E-state index < -0.39 is 0 Å². The molecular weight excluding hydrogens is 635 g/mol. The summed E-state index contributed by atoms with van der Waals surface area (Å²) in [5, 5.41) is 4.80. The molecule has 0 bridgehead atoms. The molecule has 0 aliphatic heterocycles. The van der Waals surface area contributed by atoms with Gasteiger partial charge < -0.3 is 4.40 Å². The first-order valence-electron chi connectivity index (χ1n) is 17.5. The highest BCUT2D eigenvalue weighted by Crippen LogP contribution is 2.44. The predicted octanol–water partition coefficient (Wildman–Crippen LogP) is 11.6. The van der Waals surface area contributed by atoms with Crippen LogP contribution in [-0.4, -0.2) is 23.9 Å². The number of rotatable bonds is 5. The van der Waals surface area contributed by atoms with E-state index in [2.05, 4.69) is 167 Å². The van der Waals surface area contributed by atoms with Gasteiger partial charge in [-0.2, -0.15) is 9.97 Å². The molecule has 5 nitrogen and oxygen atoms in total. The fourth-order valence-corrected chi connectivity index (χ4v) is 8.01. The van der Waals surface area contributed by atoms with Crippen LogP contribution in [-0.2, 0) is 0 Å². The molecule has 11 rings (SSSR count). The lowest BCUT2D eigenvalue weighted by Gasteiger charge is -2.13. The van der Waals surface area contributed by atoms with Crippen LogP contribution >= 0.6 is 0 Å². The minimum atomic E-state index is 0.583. The normalized spacial score (nSPS) is 11.8. The van der Waals surface area contributed by atoms with E-state index in [1.165, 1.54) is 32.6 Å². The summed E-state index contributed by atoms with van der Waals surface area (Å²) < 4.78 is 4.67. The van der Waals surface area contributed by atoms with Crippen molar-refractivity contribution < 1.29 is 0 Å². The van der Waals surface area contributed by atoms with Crippen molar-refractivity contribution in [1.29, 1.82) is 0 Å². The first-order valence-corrected chi connectivity index (χ1v) is 17.5. The maximum Gasteiger partial charge on any atom is 0.238 e. The van der Waals surface area contributed by atoms with Crippen LogP contribution in [0.1, 0.15) is 0 Å². The minimum Gasteiger partial charge on any atom is -0.306 e. The number of benzene rings is 6. The zero-order chi connectivity index (χ0) is 34.2. The smallest absolute Gasteiger partial charge is 0.238 e. The van der Waals surface area contributed by atoms with E-state index in [1.54, 1.807) is 0 Å². The molecule has 5 heteroatoms. The average Bonchev–Trinajstić information content (AvgIpc) is 3.86. The van der Waals surface area contributed by atoms with Gasteiger partial charge in [-0.25, -0.2) is 4.98 Å². The van der Waals surface area contributed by atoms with Crippen LogP contribution in [0.3, 0.4) is 0 Å². The van der Waals surface area contributed by atoms with Gasteiger partial charge in [0, 0.05) is 32.7 Å². The van der Waals surface area contributed by atoms with Crippen LogP contribution in [0, 0.1) is 0 Å². The second-order valence-corrected chi connectivity index (χ2v) is 13.3. The van der Waals surface area contributed by atoms with E-state index in [4.69, 9.17) is 15.0 Å². The third-order valence-electron chi connectivity index (χ3n) is 10.3. The van der Waals surface area contributed by atoms with Crippen LogP contribution in [0.15, 0.2) is 176 Å². The van der Waals surface area contributed by atoms with Gasteiger partial charge in [0.15, 0.2) is 11.6 Å². The molecule has 0 fully saturated rings. The first kappa shape index (κ1) is 28.7. The molecule has 0 saturated carbocycles. The van der Waals surface area contributed by atoms with Crippen LogP contribution in [0.25, 0.3) is 100 Å². The topological polar surface area (TPSA) is 48.0 Å². The number of pyridine rings is 1. The summed E-state index contributed by atoms with van der Waals surface area (Å²) >= 11 is 0. The Labute approximate surface area is 299 Å². The molecule has 0 unspecified atom stereocenters. The van der Waals surface area contributed by atoms with Gasteiger partial charge in [-0.3, -0.25) is 4.57 Å². The molecule has 11 aromatic rings. The molecule has 0 atom stereocenters. The Morgan fingerprint density at radius 3 is 1.50 bits per heavy atom. The highest BCUT2D eigenvalue weighted by atomic mass is 15.2. The molecule has 5 aromatic heterocycles. The quantitative estimate of drug-likeness (QED) is 0.184. The van der Waals surface area contributed by atoms with Gasteiger partial charge in [0.2, 0.25) is 5.95 Å². The number of fused-ring (bicyclic) bond motifs is 8. The van der Waals surface area contributed by atoms with Crippen molar-refractivity contribution in [2.75, 3.05) is 0 Å². The molecule has 0 amide bonds. The third-order valence-corrected chi connectivity index (χ3v) is 10.3. The van der Waals surface area contributed by atoms with Gasteiger partial charge in [-0.1, -0.05) is 140 Å². The SMILES string of the molecule is c1ccc(-c2cc(-c3ccccc3)cc(-c3nc(-c4ccccc4)nc(-n4c5ccccc5c5c4c4c6ccccc6c6cccc5n64)n3)c2)cc1. The van der Waals surface area contributed by atoms with Crippen molar-refractivity contribution in [3.63, 3.8) is 0 Å². The van der Waals surface area contributed by atoms with Crippen molar-refractivity contribution in [1.82, 2.24) is 23.9 Å². The molecule has 242 valence electrons. The molecule has 0 aliphatic carbocycles. The Hall–Kier alpha value is -7.11. The minimum absolute atomic E-state index is 0.583. The van der Waals surface area contributed by atoms with Crippen LogP contribution in [0.2, 0.25) is 0 Å². The molecular formula is C47H29N5. The molecule has 0 N–H and O–H groups in total. The van der Waals surface area contributed by atoms with Gasteiger partial charge in [0.1, 0.15) is 0 Å². The summed E-state index contributed by atoms with van der Waals surface area (Å²) in [4.78, 5) is 15.9. The van der Waals surface area contributed by atoms with Crippen LogP contribution < -0.4 is 0 Å². The summed E-state index contributed by atoms with van der Waals surface area (Å²) in [5.41, 5.74) is 12.0. The Morgan fingerprint density at radius 1 is 0.327 bits per heavy atom. The van der Waals surface area contributed by atoms with Crippen molar-refractivity contribution >= 4 is 49.1 Å². The van der Waals surface area contributed by atoms with E-state index in [0.29, 0.717) is 17.6 Å². The third kappa shape index (κ3) is 4.26. The molecule has 52 heavy (non-hydrogen) atoms. The van der Waals surface area contributed by atoms with Gasteiger partial charge in [0.05, 0.1) is 27.6 Å². The Bertz CT molecular complexity index is 3050. The maximum atomic E-state index is 5.39. The monoisotopic (exact) mass is 663 g/mol. The van der Waals surface area contributed by atoms with E-state index >= 15 is 0 Å². The second-order valence-electron chi connectivity index (χ2n) is 13.3. The number of aromatic nitrogens is 5. The van der Waals surface area contributed by atoms with Crippen molar-refractivity contribution in [3.05, 3.63) is 176 Å². The standard InChI is InChI=1S/C47H29N5/c1-4-15-30(16-5-1)33-27-34(31-17-6-2-7-18-31)29-35(28-33)46-48-45(32-19-8-3-9-20-32)49-47(50-46)52-40-24-13-12-23-38(40)42-41-26-14-25-39-36-21-10-11-22-37(36)43(44(42)52)51(39)41/h1-29H. The zero-order valence-corrected chi connectivity index (χ0v) is 28.0. The fourth-order valence-electron chi connectivity index (χ4n) is 8.01. The average molecular weight is 664 g/mol. The number of hydrogen-bond donors (Lipinski definition) is 0. The van der Waals surface area contributed by atoms with Crippen molar-refractivity contribution in [2.24, 2.45) is 0 Å². The maximum absolute atomic E-state index is 5.39. The Morgan fingerprint density at radius 2 is 0.827 bits per heavy atom. The first-order chi connectivity index (χ1) is 25.8. The summed E-state index contributed by atoms with van der Waals surface area (Å²) in [6.07, 6.45) is 0. The highest BCUT2D eigenvalue weighted by molar-refractivity contribution is 6.29. The number of para-hydroxylation sites is 1. The summed E-state index contributed by atoms with van der Waals surface area (Å²) in [5.74, 6) is 1.82. The summed E-state index contributed by atoms with van der Waals surface area (Å²) in [7, 11) is 0. The molecule has 0 radical (unpaired) electrons. The number of hydrogen-bond acceptors (Lipinski definition) is 3. The largest absolute Gasteiger partial charge is 0.306 e. The van der Waals surface area contributed by atoms with Gasteiger partial charge in [0.25, 0.3) is 0 Å². The van der Waals surface area contributed by atoms with Crippen molar-refractivity contribution in [2.45, 2.75) is 0 Å². The molecule has 0 aliphatic rings. The second kappa shape index (κ2) is 11.2. The highest BCUT2D eigenvalue weighted by Gasteiger charge is 2.26. The lowest BCUT2D eigenvalue weighted by molar-refractivity contribution is 0.955. The lowest BCUT2D eigenvalue weighted by Crippen LogP contribution is -2.06. The molecule has 0 spiro atoms. The summed E-state index contributed by atoms with van der Waals surface area (Å²) in [6, 6.07) is 61.8. The van der Waals surface area contributed by atoms with E-state index in [0.717, 1.165) is 49.9 Å². The van der Waals surface area contributed by atoms with Crippen LogP contribution in [0.4, 0.5) is 0 Å². The lowest BCUT2D eigenvalue weighted by atomic mass is 9.96. The molecule has 6 aromatic carbocycles. The van der Waals surface area contributed by atoms with Gasteiger partial charge in [-0.15, -0.1) is 0 Å². The predicted molar refractivity (Wildman–Crippen MR) is 213 cm³/mol. The number of nitrogens with zero attached hydrogens (tertiary/aromatic N) is 5. The fraction of sp³-hybridized carbons (Fsp3) is 0. The zero-order valence-electron chi connectivity index (χ0n) is 28.0. The Kier molecular flexibility index (Phi) is 6.18. The molecule has 5 heterocycles. The Balaban J connectivity index is 1.26. The van der Waals surface area contributed by atoms with Gasteiger partial charge >= 0.3 is 0 Å². The van der Waals surface area contributed by atoms with Crippen LogP contribution in [0.5, 0.6) is 0 Å². The van der Waals surface area contributed by atoms with Gasteiger partial charge in [-0.05, 0) is 58.7 Å². The molecule has 0 saturated heterocycles. The van der Waals surface area contributed by atoms with E-state index in [9.17, 15) is 0 Å².